The summed E-state index contributed by atoms with van der Waals surface area (Å²) in [5.74, 6) is 0. The first kappa shape index (κ1) is 10.2. The van der Waals surface area contributed by atoms with E-state index in [-0.39, 0.29) is 5.56 Å². The lowest BCUT2D eigenvalue weighted by molar-refractivity contribution is 0.864. The van der Waals surface area contributed by atoms with E-state index >= 15 is 0 Å². The molecular weight excluding hydrogens is 236 g/mol. The Morgan fingerprint density at radius 3 is 2.59 bits per heavy atom. The van der Waals surface area contributed by atoms with Gasteiger partial charge < -0.3 is 0 Å². The number of benzene rings is 2. The van der Waals surface area contributed by atoms with Gasteiger partial charge in [-0.3, -0.25) is 9.89 Å². The minimum Gasteiger partial charge on any atom is -0.290 e. The first-order chi connectivity index (χ1) is 8.25. The van der Waals surface area contributed by atoms with Crippen LogP contribution in [0.4, 0.5) is 0 Å². The Hall–Kier alpha value is -2.00. The van der Waals surface area contributed by atoms with Crippen LogP contribution in [0.1, 0.15) is 0 Å². The van der Waals surface area contributed by atoms with Crippen LogP contribution in [0.15, 0.2) is 53.3 Å². The monoisotopic (exact) mass is 244 g/mol. The number of halogens is 1. The summed E-state index contributed by atoms with van der Waals surface area (Å²) >= 11 is 5.89. The van der Waals surface area contributed by atoms with Gasteiger partial charge in [0.25, 0.3) is 5.56 Å². The second-order valence-corrected chi connectivity index (χ2v) is 4.21. The van der Waals surface area contributed by atoms with Crippen LogP contribution in [0.5, 0.6) is 0 Å². The largest absolute Gasteiger partial charge is 0.290 e. The quantitative estimate of drug-likeness (QED) is 0.702. The summed E-state index contributed by atoms with van der Waals surface area (Å²) in [6.45, 7) is 0. The third-order valence-electron chi connectivity index (χ3n) is 2.66. The van der Waals surface area contributed by atoms with Crippen molar-refractivity contribution < 1.29 is 0 Å². The van der Waals surface area contributed by atoms with Gasteiger partial charge in [-0.15, -0.1) is 0 Å². The molecule has 0 saturated heterocycles. The lowest BCUT2D eigenvalue weighted by Gasteiger charge is -1.99. The zero-order valence-electron chi connectivity index (χ0n) is 8.85. The number of nitrogens with zero attached hydrogens (tertiary/aromatic N) is 1. The standard InChI is InChI=1S/C13H9ClN2O/c14-9-6-7-11-12(8-9)15-16(13(11)17)10-4-2-1-3-5-10/h1-8,15H. The molecule has 0 bridgehead atoms. The first-order valence-corrected chi connectivity index (χ1v) is 5.59. The molecule has 0 unspecified atom stereocenters. The fraction of sp³-hybridized carbons (Fsp3) is 0. The summed E-state index contributed by atoms with van der Waals surface area (Å²) in [7, 11) is 0. The Morgan fingerprint density at radius 2 is 1.82 bits per heavy atom. The van der Waals surface area contributed by atoms with Crippen LogP contribution in [0.25, 0.3) is 16.6 Å². The molecule has 0 saturated carbocycles. The van der Waals surface area contributed by atoms with Crippen molar-refractivity contribution >= 4 is 22.5 Å². The van der Waals surface area contributed by atoms with E-state index in [9.17, 15) is 4.79 Å². The van der Waals surface area contributed by atoms with E-state index in [4.69, 9.17) is 11.6 Å². The van der Waals surface area contributed by atoms with Crippen molar-refractivity contribution in [1.29, 1.82) is 0 Å². The van der Waals surface area contributed by atoms with Crippen molar-refractivity contribution in [2.75, 3.05) is 0 Å². The van der Waals surface area contributed by atoms with Crippen molar-refractivity contribution in [2.24, 2.45) is 0 Å². The summed E-state index contributed by atoms with van der Waals surface area (Å²) < 4.78 is 1.51. The van der Waals surface area contributed by atoms with E-state index in [1.54, 1.807) is 18.2 Å². The number of hydrogen-bond acceptors (Lipinski definition) is 1. The van der Waals surface area contributed by atoms with Gasteiger partial charge in [0.2, 0.25) is 0 Å². The number of fused-ring (bicyclic) bond motifs is 1. The van der Waals surface area contributed by atoms with E-state index < -0.39 is 0 Å². The van der Waals surface area contributed by atoms with Gasteiger partial charge in [0.15, 0.2) is 0 Å². The zero-order valence-corrected chi connectivity index (χ0v) is 9.61. The van der Waals surface area contributed by atoms with Crippen LogP contribution in [0.3, 0.4) is 0 Å². The fourth-order valence-corrected chi connectivity index (χ4v) is 2.02. The van der Waals surface area contributed by atoms with Gasteiger partial charge in [-0.05, 0) is 30.3 Å². The van der Waals surface area contributed by atoms with Gasteiger partial charge in [-0.1, -0.05) is 29.8 Å². The van der Waals surface area contributed by atoms with E-state index in [2.05, 4.69) is 5.10 Å². The molecule has 4 heteroatoms. The first-order valence-electron chi connectivity index (χ1n) is 5.21. The molecule has 1 N–H and O–H groups in total. The van der Waals surface area contributed by atoms with E-state index in [1.165, 1.54) is 4.68 Å². The Labute approximate surface area is 102 Å². The van der Waals surface area contributed by atoms with E-state index in [0.717, 1.165) is 11.2 Å². The number of aromatic amines is 1. The van der Waals surface area contributed by atoms with Gasteiger partial charge in [0.1, 0.15) is 0 Å². The van der Waals surface area contributed by atoms with Crippen LogP contribution in [0, 0.1) is 0 Å². The van der Waals surface area contributed by atoms with Gasteiger partial charge in [-0.2, -0.15) is 0 Å². The molecule has 0 aliphatic rings. The molecule has 1 aromatic heterocycles. The molecule has 0 aliphatic heterocycles. The maximum absolute atomic E-state index is 12.1. The molecule has 84 valence electrons. The Bertz CT molecular complexity index is 728. The van der Waals surface area contributed by atoms with E-state index in [0.29, 0.717) is 10.4 Å². The van der Waals surface area contributed by atoms with Gasteiger partial charge in [-0.25, -0.2) is 4.68 Å². The summed E-state index contributed by atoms with van der Waals surface area (Å²) in [5, 5.41) is 4.29. The zero-order chi connectivity index (χ0) is 11.8. The summed E-state index contributed by atoms with van der Waals surface area (Å²) in [6.07, 6.45) is 0. The third-order valence-corrected chi connectivity index (χ3v) is 2.90. The molecule has 0 amide bonds. The molecular formula is C13H9ClN2O. The normalized spacial score (nSPS) is 10.9. The second kappa shape index (κ2) is 3.79. The van der Waals surface area contributed by atoms with Crippen molar-refractivity contribution in [1.82, 2.24) is 9.78 Å². The molecule has 3 rings (SSSR count). The molecule has 0 atom stereocenters. The molecule has 0 aliphatic carbocycles. The molecule has 1 heterocycles. The highest BCUT2D eigenvalue weighted by Crippen LogP contribution is 2.16. The van der Waals surface area contributed by atoms with Gasteiger partial charge in [0.05, 0.1) is 16.6 Å². The van der Waals surface area contributed by atoms with Gasteiger partial charge in [0, 0.05) is 5.02 Å². The predicted molar refractivity (Wildman–Crippen MR) is 68.9 cm³/mol. The number of aromatic nitrogens is 2. The van der Waals surface area contributed by atoms with Crippen molar-refractivity contribution in [2.45, 2.75) is 0 Å². The van der Waals surface area contributed by atoms with Crippen LogP contribution in [0.2, 0.25) is 5.02 Å². The van der Waals surface area contributed by atoms with E-state index in [1.807, 2.05) is 30.3 Å². The predicted octanol–water partition coefficient (Wildman–Crippen LogP) is 2.97. The number of nitrogens with one attached hydrogen (secondary N) is 1. The van der Waals surface area contributed by atoms with Crippen LogP contribution in [-0.4, -0.2) is 9.78 Å². The number of para-hydroxylation sites is 1. The summed E-state index contributed by atoms with van der Waals surface area (Å²) in [5.41, 5.74) is 1.49. The fourth-order valence-electron chi connectivity index (χ4n) is 1.85. The third kappa shape index (κ3) is 1.65. The Morgan fingerprint density at radius 1 is 1.06 bits per heavy atom. The highest BCUT2D eigenvalue weighted by Gasteiger charge is 2.07. The van der Waals surface area contributed by atoms with Crippen molar-refractivity contribution in [3.63, 3.8) is 0 Å². The highest BCUT2D eigenvalue weighted by molar-refractivity contribution is 6.31. The minimum absolute atomic E-state index is 0.0668. The average Bonchev–Trinajstić information content (AvgIpc) is 2.67. The Kier molecular flexibility index (Phi) is 2.27. The molecule has 2 aromatic carbocycles. The molecule has 3 nitrogen and oxygen atoms in total. The topological polar surface area (TPSA) is 37.8 Å². The SMILES string of the molecule is O=c1c2ccc(Cl)cc2[nH]n1-c1ccccc1. The summed E-state index contributed by atoms with van der Waals surface area (Å²) in [6, 6.07) is 14.6. The maximum atomic E-state index is 12.1. The summed E-state index contributed by atoms with van der Waals surface area (Å²) in [4.78, 5) is 12.1. The lowest BCUT2D eigenvalue weighted by Crippen LogP contribution is -2.13. The maximum Gasteiger partial charge on any atom is 0.279 e. The average molecular weight is 245 g/mol. The minimum atomic E-state index is -0.0668. The Balaban J connectivity index is 2.32. The van der Waals surface area contributed by atoms with Crippen LogP contribution < -0.4 is 5.56 Å². The van der Waals surface area contributed by atoms with Gasteiger partial charge >= 0.3 is 0 Å². The second-order valence-electron chi connectivity index (χ2n) is 3.78. The molecule has 17 heavy (non-hydrogen) atoms. The number of H-pyrrole nitrogens is 1. The van der Waals surface area contributed by atoms with Crippen molar-refractivity contribution in [3.8, 4) is 5.69 Å². The number of rotatable bonds is 1. The molecule has 3 aromatic rings. The molecule has 0 radical (unpaired) electrons. The smallest absolute Gasteiger partial charge is 0.279 e. The molecule has 0 spiro atoms. The van der Waals surface area contributed by atoms with Crippen LogP contribution >= 0.6 is 11.6 Å². The van der Waals surface area contributed by atoms with Crippen molar-refractivity contribution in [3.05, 3.63) is 63.9 Å². The number of hydrogen-bond donors (Lipinski definition) is 1. The van der Waals surface area contributed by atoms with Crippen LogP contribution in [-0.2, 0) is 0 Å². The highest BCUT2D eigenvalue weighted by atomic mass is 35.5. The lowest BCUT2D eigenvalue weighted by atomic mass is 10.2. The molecule has 0 fully saturated rings.